The molecule has 21 heavy (non-hydrogen) atoms. The zero-order chi connectivity index (χ0) is 15.8. The normalized spacial score (nSPS) is 18.5. The Morgan fingerprint density at radius 1 is 1.19 bits per heavy atom. The van der Waals surface area contributed by atoms with Crippen molar-refractivity contribution in [3.05, 3.63) is 29.8 Å². The number of nitrogens with one attached hydrogen (secondary N) is 1. The summed E-state index contributed by atoms with van der Waals surface area (Å²) in [5.41, 5.74) is -0.136. The minimum absolute atomic E-state index is 0.0100. The number of nitrogens with zero attached hydrogens (tertiary/aromatic N) is 1. The number of rotatable bonds is 3. The van der Waals surface area contributed by atoms with Gasteiger partial charge < -0.3 is 10.2 Å². The Labute approximate surface area is 124 Å². The van der Waals surface area contributed by atoms with Crippen LogP contribution in [0.15, 0.2) is 29.2 Å². The van der Waals surface area contributed by atoms with Gasteiger partial charge in [-0.3, -0.25) is 9.59 Å². The molecule has 1 aliphatic rings. The molecule has 1 saturated heterocycles. The number of benzene rings is 1. The average Bonchev–Trinajstić information content (AvgIpc) is 2.34. The molecule has 0 bridgehead atoms. The Morgan fingerprint density at radius 2 is 1.76 bits per heavy atom. The van der Waals surface area contributed by atoms with Crippen molar-refractivity contribution in [1.82, 2.24) is 10.2 Å². The third-order valence-electron chi connectivity index (χ3n) is 3.33. The molecule has 0 radical (unpaired) electrons. The summed E-state index contributed by atoms with van der Waals surface area (Å²) >= 11 is 0. The van der Waals surface area contributed by atoms with Gasteiger partial charge in [-0.1, -0.05) is 12.1 Å². The standard InChI is InChI=1S/C14H18N2O4S/c1-14(2)13(18)16(9-12(17)15-14)8-10-4-6-11(7-5-10)21(3,19)20/h4-7H,8-9H2,1-3H3,(H,15,17). The van der Waals surface area contributed by atoms with Crippen LogP contribution in [0.25, 0.3) is 0 Å². The summed E-state index contributed by atoms with van der Waals surface area (Å²) in [7, 11) is -3.24. The fourth-order valence-corrected chi connectivity index (χ4v) is 2.90. The van der Waals surface area contributed by atoms with E-state index < -0.39 is 15.4 Å². The lowest BCUT2D eigenvalue weighted by Crippen LogP contribution is -2.63. The van der Waals surface area contributed by atoms with Crippen molar-refractivity contribution in [1.29, 1.82) is 0 Å². The molecule has 0 unspecified atom stereocenters. The highest BCUT2D eigenvalue weighted by Crippen LogP contribution is 2.17. The minimum Gasteiger partial charge on any atom is -0.341 e. The molecule has 1 aromatic rings. The highest BCUT2D eigenvalue weighted by Gasteiger charge is 2.38. The molecule has 1 aliphatic heterocycles. The molecule has 2 rings (SSSR count). The van der Waals surface area contributed by atoms with E-state index in [1.165, 1.54) is 17.0 Å². The van der Waals surface area contributed by atoms with Gasteiger partial charge in [-0.05, 0) is 31.5 Å². The monoisotopic (exact) mass is 310 g/mol. The van der Waals surface area contributed by atoms with Gasteiger partial charge in [-0.2, -0.15) is 0 Å². The van der Waals surface area contributed by atoms with E-state index in [2.05, 4.69) is 5.32 Å². The first kappa shape index (κ1) is 15.5. The van der Waals surface area contributed by atoms with Gasteiger partial charge >= 0.3 is 0 Å². The molecule has 2 amide bonds. The third-order valence-corrected chi connectivity index (χ3v) is 4.46. The van der Waals surface area contributed by atoms with Crippen LogP contribution in [-0.4, -0.2) is 43.5 Å². The number of carbonyl (C=O) groups excluding carboxylic acids is 2. The molecular weight excluding hydrogens is 292 g/mol. The predicted molar refractivity (Wildman–Crippen MR) is 77.2 cm³/mol. The Hall–Kier alpha value is -1.89. The van der Waals surface area contributed by atoms with E-state index in [1.807, 2.05) is 0 Å². The van der Waals surface area contributed by atoms with E-state index in [1.54, 1.807) is 26.0 Å². The fourth-order valence-electron chi connectivity index (χ4n) is 2.27. The Bertz CT molecular complexity index is 677. The van der Waals surface area contributed by atoms with Crippen molar-refractivity contribution < 1.29 is 18.0 Å². The van der Waals surface area contributed by atoms with Gasteiger partial charge in [0, 0.05) is 12.8 Å². The number of hydrogen-bond donors (Lipinski definition) is 1. The molecule has 0 aliphatic carbocycles. The van der Waals surface area contributed by atoms with Crippen molar-refractivity contribution >= 4 is 21.7 Å². The minimum atomic E-state index is -3.24. The van der Waals surface area contributed by atoms with Crippen molar-refractivity contribution in [2.24, 2.45) is 0 Å². The number of hydrogen-bond acceptors (Lipinski definition) is 4. The zero-order valence-corrected chi connectivity index (χ0v) is 13.0. The molecule has 1 N–H and O–H groups in total. The second kappa shape index (κ2) is 5.14. The van der Waals surface area contributed by atoms with E-state index in [-0.39, 0.29) is 29.8 Å². The van der Waals surface area contributed by atoms with Crippen LogP contribution in [0.2, 0.25) is 0 Å². The van der Waals surface area contributed by atoms with E-state index >= 15 is 0 Å². The molecule has 1 heterocycles. The largest absolute Gasteiger partial charge is 0.341 e. The molecule has 0 saturated carbocycles. The Balaban J connectivity index is 2.18. The first-order valence-electron chi connectivity index (χ1n) is 6.49. The molecule has 1 fully saturated rings. The summed E-state index contributed by atoms with van der Waals surface area (Å²) in [4.78, 5) is 25.6. The fraction of sp³-hybridized carbons (Fsp3) is 0.429. The van der Waals surface area contributed by atoms with E-state index in [0.717, 1.165) is 11.8 Å². The highest BCUT2D eigenvalue weighted by atomic mass is 32.2. The smallest absolute Gasteiger partial charge is 0.248 e. The van der Waals surface area contributed by atoms with Gasteiger partial charge in [0.1, 0.15) is 5.54 Å². The lowest BCUT2D eigenvalue weighted by atomic mass is 10.00. The number of piperazine rings is 1. The molecule has 114 valence electrons. The van der Waals surface area contributed by atoms with Gasteiger partial charge in [-0.25, -0.2) is 8.42 Å². The average molecular weight is 310 g/mol. The summed E-state index contributed by atoms with van der Waals surface area (Å²) in [6.07, 6.45) is 1.14. The summed E-state index contributed by atoms with van der Waals surface area (Å²) < 4.78 is 22.8. The van der Waals surface area contributed by atoms with Crippen LogP contribution in [0.5, 0.6) is 0 Å². The summed E-state index contributed by atoms with van der Waals surface area (Å²) in [5.74, 6) is -0.360. The van der Waals surface area contributed by atoms with Crippen molar-refractivity contribution in [2.45, 2.75) is 30.8 Å². The molecule has 0 atom stereocenters. The van der Waals surface area contributed by atoms with Gasteiger partial charge in [0.2, 0.25) is 11.8 Å². The van der Waals surface area contributed by atoms with Crippen LogP contribution in [-0.2, 0) is 26.0 Å². The maximum Gasteiger partial charge on any atom is 0.248 e. The lowest BCUT2D eigenvalue weighted by Gasteiger charge is -2.37. The molecule has 0 spiro atoms. The van der Waals surface area contributed by atoms with E-state index in [9.17, 15) is 18.0 Å². The van der Waals surface area contributed by atoms with E-state index in [4.69, 9.17) is 0 Å². The van der Waals surface area contributed by atoms with Crippen LogP contribution < -0.4 is 5.32 Å². The first-order chi connectivity index (χ1) is 9.59. The zero-order valence-electron chi connectivity index (χ0n) is 12.2. The summed E-state index contributed by atoms with van der Waals surface area (Å²) in [6.45, 7) is 3.61. The molecule has 7 heteroatoms. The van der Waals surface area contributed by atoms with Crippen LogP contribution in [0.3, 0.4) is 0 Å². The highest BCUT2D eigenvalue weighted by molar-refractivity contribution is 7.90. The van der Waals surface area contributed by atoms with Crippen LogP contribution >= 0.6 is 0 Å². The van der Waals surface area contributed by atoms with Crippen molar-refractivity contribution in [3.63, 3.8) is 0 Å². The van der Waals surface area contributed by atoms with Crippen molar-refractivity contribution in [3.8, 4) is 0 Å². The first-order valence-corrected chi connectivity index (χ1v) is 8.38. The second-order valence-electron chi connectivity index (χ2n) is 5.75. The van der Waals surface area contributed by atoms with Gasteiger partial charge in [0.15, 0.2) is 9.84 Å². The second-order valence-corrected chi connectivity index (χ2v) is 7.77. The number of sulfone groups is 1. The molecule has 0 aromatic heterocycles. The van der Waals surface area contributed by atoms with Gasteiger partial charge in [0.25, 0.3) is 0 Å². The quantitative estimate of drug-likeness (QED) is 0.872. The van der Waals surface area contributed by atoms with Gasteiger partial charge in [0.05, 0.1) is 11.4 Å². The summed E-state index contributed by atoms with van der Waals surface area (Å²) in [6, 6.07) is 6.32. The van der Waals surface area contributed by atoms with Crippen molar-refractivity contribution in [2.75, 3.05) is 12.8 Å². The predicted octanol–water partition coefficient (Wildman–Crippen LogP) is 0.327. The van der Waals surface area contributed by atoms with Crippen LogP contribution in [0.1, 0.15) is 19.4 Å². The molecule has 1 aromatic carbocycles. The third kappa shape index (κ3) is 3.41. The SMILES string of the molecule is CC1(C)NC(=O)CN(Cc2ccc(S(C)(=O)=O)cc2)C1=O. The number of amides is 2. The molecule has 6 nitrogen and oxygen atoms in total. The van der Waals surface area contributed by atoms with Crippen LogP contribution in [0, 0.1) is 0 Å². The number of carbonyl (C=O) groups is 2. The lowest BCUT2D eigenvalue weighted by molar-refractivity contribution is -0.148. The van der Waals surface area contributed by atoms with Gasteiger partial charge in [-0.15, -0.1) is 0 Å². The maximum absolute atomic E-state index is 12.2. The van der Waals surface area contributed by atoms with Crippen LogP contribution in [0.4, 0.5) is 0 Å². The maximum atomic E-state index is 12.2. The van der Waals surface area contributed by atoms with E-state index in [0.29, 0.717) is 0 Å². The Morgan fingerprint density at radius 3 is 2.29 bits per heavy atom. The summed E-state index contributed by atoms with van der Waals surface area (Å²) in [5, 5.41) is 2.64. The molecular formula is C14H18N2O4S. The Kier molecular flexibility index (Phi) is 3.79. The topological polar surface area (TPSA) is 83.6 Å².